The molecule has 3 N–H and O–H groups in total. The van der Waals surface area contributed by atoms with Crippen molar-refractivity contribution in [3.63, 3.8) is 0 Å². The van der Waals surface area contributed by atoms with Gasteiger partial charge in [-0.05, 0) is 0 Å². The van der Waals surface area contributed by atoms with Crippen LogP contribution in [-0.2, 0) is 9.59 Å². The minimum absolute atomic E-state index is 0.253. The van der Waals surface area contributed by atoms with E-state index in [-0.39, 0.29) is 13.0 Å². The zero-order valence-electron chi connectivity index (χ0n) is 8.53. The molecule has 0 saturated heterocycles. The van der Waals surface area contributed by atoms with Crippen LogP contribution in [0.1, 0.15) is 6.42 Å². The smallest absolute Gasteiger partial charge is 0.249 e. The average molecular weight is 212 g/mol. The van der Waals surface area contributed by atoms with Gasteiger partial charge in [-0.1, -0.05) is 12.2 Å². The van der Waals surface area contributed by atoms with Gasteiger partial charge in [0.1, 0.15) is 6.10 Å². The van der Waals surface area contributed by atoms with Crippen molar-refractivity contribution < 1.29 is 14.7 Å². The molecule has 0 aromatic carbocycles. The highest BCUT2D eigenvalue weighted by atomic mass is 16.3. The zero-order valence-corrected chi connectivity index (χ0v) is 8.53. The lowest BCUT2D eigenvalue weighted by Gasteiger charge is -2.09. The second-order valence-electron chi connectivity index (χ2n) is 2.85. The molecule has 2 amide bonds. The molecular weight excluding hydrogens is 196 g/mol. The van der Waals surface area contributed by atoms with E-state index in [1.54, 1.807) is 0 Å². The first kappa shape index (κ1) is 13.4. The Bertz CT molecular complexity index is 251. The normalized spacial score (nSPS) is 11.3. The van der Waals surface area contributed by atoms with Crippen molar-refractivity contribution in [1.82, 2.24) is 10.6 Å². The molecule has 1 atom stereocenters. The van der Waals surface area contributed by atoms with Crippen molar-refractivity contribution >= 4 is 11.8 Å². The summed E-state index contributed by atoms with van der Waals surface area (Å²) < 4.78 is 0. The minimum Gasteiger partial charge on any atom is -0.383 e. The Kier molecular flexibility index (Phi) is 6.92. The molecule has 0 aliphatic carbocycles. The number of rotatable bonds is 7. The van der Waals surface area contributed by atoms with Crippen LogP contribution in [0.5, 0.6) is 0 Å². The summed E-state index contributed by atoms with van der Waals surface area (Å²) in [6.45, 7) is 7.41. The molecule has 0 saturated carbocycles. The maximum atomic E-state index is 11.1. The highest BCUT2D eigenvalue weighted by Crippen LogP contribution is 1.91. The first-order valence-electron chi connectivity index (χ1n) is 4.56. The third-order valence-electron chi connectivity index (χ3n) is 1.55. The molecule has 84 valence electrons. The first-order valence-corrected chi connectivity index (χ1v) is 4.56. The average Bonchev–Trinajstić information content (AvgIpc) is 2.22. The van der Waals surface area contributed by atoms with Gasteiger partial charge in [-0.25, -0.2) is 0 Å². The fraction of sp³-hybridized carbons (Fsp3) is 0.400. The van der Waals surface area contributed by atoms with Gasteiger partial charge in [-0.3, -0.25) is 9.59 Å². The van der Waals surface area contributed by atoms with Crippen molar-refractivity contribution in [2.75, 3.05) is 13.1 Å². The summed E-state index contributed by atoms with van der Waals surface area (Å²) in [4.78, 5) is 22.2. The van der Waals surface area contributed by atoms with Gasteiger partial charge in [0.05, 0.1) is 6.42 Å². The van der Waals surface area contributed by atoms with Crippen molar-refractivity contribution in [2.45, 2.75) is 12.5 Å². The van der Waals surface area contributed by atoms with Gasteiger partial charge >= 0.3 is 0 Å². The van der Waals surface area contributed by atoms with Gasteiger partial charge in [0.15, 0.2) is 0 Å². The lowest BCUT2D eigenvalue weighted by atomic mass is 10.2. The minimum atomic E-state index is -1.32. The molecule has 0 heterocycles. The highest BCUT2D eigenvalue weighted by molar-refractivity contribution is 5.87. The van der Waals surface area contributed by atoms with Gasteiger partial charge in [0, 0.05) is 13.1 Å². The molecular formula is C10H16N2O3. The second kappa shape index (κ2) is 7.75. The van der Waals surface area contributed by atoms with Crippen molar-refractivity contribution in [2.24, 2.45) is 0 Å². The predicted molar refractivity (Wildman–Crippen MR) is 57.0 cm³/mol. The largest absolute Gasteiger partial charge is 0.383 e. The summed E-state index contributed by atoms with van der Waals surface area (Å²) in [7, 11) is 0. The lowest BCUT2D eigenvalue weighted by Crippen LogP contribution is -2.38. The number of nitrogens with one attached hydrogen (secondary N) is 2. The monoisotopic (exact) mass is 212 g/mol. The maximum Gasteiger partial charge on any atom is 0.249 e. The van der Waals surface area contributed by atoms with Crippen LogP contribution >= 0.6 is 0 Å². The van der Waals surface area contributed by atoms with E-state index in [1.807, 2.05) is 0 Å². The SMILES string of the molecule is C=CCNC(=O)C[C@H](O)C(=O)NCC=C. The molecule has 0 radical (unpaired) electrons. The predicted octanol–water partition coefficient (Wildman–Crippen LogP) is -0.658. The summed E-state index contributed by atoms with van der Waals surface area (Å²) in [6, 6.07) is 0. The molecule has 0 aromatic heterocycles. The fourth-order valence-corrected chi connectivity index (χ4v) is 0.817. The van der Waals surface area contributed by atoms with Gasteiger partial charge < -0.3 is 15.7 Å². The lowest BCUT2D eigenvalue weighted by molar-refractivity contribution is -0.134. The first-order chi connectivity index (χ1) is 7.11. The number of aliphatic hydroxyl groups is 1. The third kappa shape index (κ3) is 6.45. The summed E-state index contributed by atoms with van der Waals surface area (Å²) in [5.74, 6) is -0.972. The Morgan fingerprint density at radius 1 is 1.20 bits per heavy atom. The van der Waals surface area contributed by atoms with E-state index >= 15 is 0 Å². The van der Waals surface area contributed by atoms with Gasteiger partial charge in [0.2, 0.25) is 11.8 Å². The number of carbonyl (C=O) groups excluding carboxylic acids is 2. The molecule has 0 aliphatic heterocycles. The number of hydrogen-bond donors (Lipinski definition) is 3. The van der Waals surface area contributed by atoms with Gasteiger partial charge in [0.25, 0.3) is 0 Å². The molecule has 5 heteroatoms. The Morgan fingerprint density at radius 2 is 1.73 bits per heavy atom. The van der Waals surface area contributed by atoms with Crippen molar-refractivity contribution in [1.29, 1.82) is 0 Å². The topological polar surface area (TPSA) is 78.4 Å². The van der Waals surface area contributed by atoms with Crippen LogP contribution in [0.2, 0.25) is 0 Å². The molecule has 5 nitrogen and oxygen atoms in total. The van der Waals surface area contributed by atoms with E-state index in [4.69, 9.17) is 0 Å². The maximum absolute atomic E-state index is 11.1. The third-order valence-corrected chi connectivity index (χ3v) is 1.55. The van der Waals surface area contributed by atoms with E-state index in [9.17, 15) is 14.7 Å². The summed E-state index contributed by atoms with van der Waals surface area (Å²) >= 11 is 0. The number of amides is 2. The van der Waals surface area contributed by atoms with Crippen LogP contribution in [0, 0.1) is 0 Å². The van der Waals surface area contributed by atoms with Crippen LogP contribution in [0.15, 0.2) is 25.3 Å². The number of aliphatic hydroxyl groups excluding tert-OH is 1. The summed E-state index contributed by atoms with van der Waals surface area (Å²) in [5, 5.41) is 14.1. The van der Waals surface area contributed by atoms with Gasteiger partial charge in [-0.2, -0.15) is 0 Å². The molecule has 0 spiro atoms. The fourth-order valence-electron chi connectivity index (χ4n) is 0.817. The highest BCUT2D eigenvalue weighted by Gasteiger charge is 2.17. The van der Waals surface area contributed by atoms with Crippen LogP contribution in [0.3, 0.4) is 0 Å². The molecule has 0 unspecified atom stereocenters. The van der Waals surface area contributed by atoms with Gasteiger partial charge in [-0.15, -0.1) is 13.2 Å². The second-order valence-corrected chi connectivity index (χ2v) is 2.85. The summed E-state index contributed by atoms with van der Waals surface area (Å²) in [5.41, 5.74) is 0. The Hall–Kier alpha value is -1.62. The Morgan fingerprint density at radius 3 is 2.27 bits per heavy atom. The van der Waals surface area contributed by atoms with Crippen LogP contribution < -0.4 is 10.6 Å². The number of hydrogen-bond acceptors (Lipinski definition) is 3. The van der Waals surface area contributed by atoms with Crippen molar-refractivity contribution in [3.8, 4) is 0 Å². The molecule has 0 aromatic rings. The van der Waals surface area contributed by atoms with E-state index < -0.39 is 17.9 Å². The van der Waals surface area contributed by atoms with E-state index in [2.05, 4.69) is 23.8 Å². The Labute approximate surface area is 88.9 Å². The molecule has 0 aliphatic rings. The van der Waals surface area contributed by atoms with E-state index in [0.29, 0.717) is 6.54 Å². The van der Waals surface area contributed by atoms with Crippen LogP contribution in [-0.4, -0.2) is 36.1 Å². The van der Waals surface area contributed by atoms with E-state index in [1.165, 1.54) is 12.2 Å². The molecule has 15 heavy (non-hydrogen) atoms. The van der Waals surface area contributed by atoms with Crippen LogP contribution in [0.25, 0.3) is 0 Å². The number of carbonyl (C=O) groups is 2. The quantitative estimate of drug-likeness (QED) is 0.490. The molecule has 0 rings (SSSR count). The van der Waals surface area contributed by atoms with Crippen molar-refractivity contribution in [3.05, 3.63) is 25.3 Å². The molecule has 0 fully saturated rings. The van der Waals surface area contributed by atoms with E-state index in [0.717, 1.165) is 0 Å². The Balaban J connectivity index is 3.84. The standard InChI is InChI=1S/C10H16N2O3/c1-3-5-11-9(14)7-8(13)10(15)12-6-4-2/h3-4,8,13H,1-2,5-7H2,(H,11,14)(H,12,15)/t8-/m0/s1. The van der Waals surface area contributed by atoms with Crippen LogP contribution in [0.4, 0.5) is 0 Å². The zero-order chi connectivity index (χ0) is 11.7. The summed E-state index contributed by atoms with van der Waals surface area (Å²) in [6.07, 6.45) is 1.43. The molecule has 0 bridgehead atoms.